The molecule has 0 spiro atoms. The molecule has 1 N–H and O–H groups in total. The van der Waals surface area contributed by atoms with Crippen molar-refractivity contribution in [2.45, 2.75) is 57.5 Å². The molecule has 0 saturated heterocycles. The Morgan fingerprint density at radius 2 is 1.71 bits per heavy atom. The summed E-state index contributed by atoms with van der Waals surface area (Å²) in [5.74, 6) is -0.817. The van der Waals surface area contributed by atoms with Gasteiger partial charge < -0.3 is 5.32 Å². The van der Waals surface area contributed by atoms with Crippen LogP contribution in [-0.2, 0) is 0 Å². The maximum atomic E-state index is 12.5. The van der Waals surface area contributed by atoms with Gasteiger partial charge >= 0.3 is 0 Å². The highest BCUT2D eigenvalue weighted by Gasteiger charge is 2.46. The number of rotatable bonds is 3. The molecule has 2 aliphatic rings. The van der Waals surface area contributed by atoms with E-state index >= 15 is 0 Å². The van der Waals surface area contributed by atoms with Crippen molar-refractivity contribution in [3.8, 4) is 0 Å². The molecule has 0 bridgehead atoms. The van der Waals surface area contributed by atoms with Crippen molar-refractivity contribution in [1.82, 2.24) is 5.32 Å². The largest absolute Gasteiger partial charge is 0.311 e. The Morgan fingerprint density at radius 3 is 2.14 bits per heavy atom. The molecule has 14 heavy (non-hydrogen) atoms. The van der Waals surface area contributed by atoms with E-state index in [9.17, 15) is 8.78 Å². The van der Waals surface area contributed by atoms with Crippen LogP contribution in [0.15, 0.2) is 0 Å². The summed E-state index contributed by atoms with van der Waals surface area (Å²) in [6.45, 7) is 4.47. The van der Waals surface area contributed by atoms with Crippen LogP contribution in [0.1, 0.15) is 39.5 Å². The highest BCUT2D eigenvalue weighted by Crippen LogP contribution is 2.40. The smallest absolute Gasteiger partial charge is 0.251 e. The van der Waals surface area contributed by atoms with Gasteiger partial charge in [0.05, 0.1) is 0 Å². The monoisotopic (exact) mass is 203 g/mol. The van der Waals surface area contributed by atoms with E-state index in [4.69, 9.17) is 0 Å². The van der Waals surface area contributed by atoms with Gasteiger partial charge in [-0.15, -0.1) is 0 Å². The van der Waals surface area contributed by atoms with Crippen LogP contribution in [-0.4, -0.2) is 18.0 Å². The molecule has 2 aliphatic carbocycles. The Kier molecular flexibility index (Phi) is 2.54. The Balaban J connectivity index is 1.62. The van der Waals surface area contributed by atoms with Gasteiger partial charge in [0.25, 0.3) is 5.92 Å². The van der Waals surface area contributed by atoms with Gasteiger partial charge in [-0.1, -0.05) is 13.8 Å². The molecule has 0 radical (unpaired) electrons. The zero-order chi connectivity index (χ0) is 10.3. The van der Waals surface area contributed by atoms with Gasteiger partial charge in [0.1, 0.15) is 0 Å². The van der Waals surface area contributed by atoms with Gasteiger partial charge in [-0.2, -0.15) is 0 Å². The third-order valence-corrected chi connectivity index (χ3v) is 3.68. The first kappa shape index (κ1) is 10.3. The maximum absolute atomic E-state index is 12.5. The summed E-state index contributed by atoms with van der Waals surface area (Å²) in [5.41, 5.74) is 0. The fraction of sp³-hybridized carbons (Fsp3) is 1.00. The molecule has 0 aliphatic heterocycles. The molecule has 0 aromatic rings. The van der Waals surface area contributed by atoms with Gasteiger partial charge in [0.2, 0.25) is 0 Å². The van der Waals surface area contributed by atoms with Crippen molar-refractivity contribution in [2.24, 2.45) is 11.8 Å². The third kappa shape index (κ3) is 2.08. The Bertz CT molecular complexity index is 201. The molecule has 0 aromatic heterocycles. The molecule has 1 nitrogen and oxygen atoms in total. The van der Waals surface area contributed by atoms with E-state index in [1.165, 1.54) is 12.8 Å². The summed E-state index contributed by atoms with van der Waals surface area (Å²) < 4.78 is 25.1. The van der Waals surface area contributed by atoms with E-state index < -0.39 is 5.92 Å². The lowest BCUT2D eigenvalue weighted by Crippen LogP contribution is -2.55. The SMILES string of the molecule is CC(C)C1CC(NC2CC(F)(F)C2)C1. The number of halogens is 2. The van der Waals surface area contributed by atoms with Crippen molar-refractivity contribution in [3.05, 3.63) is 0 Å². The summed E-state index contributed by atoms with van der Waals surface area (Å²) in [7, 11) is 0. The minimum atomic E-state index is -2.38. The molecular weight excluding hydrogens is 184 g/mol. The van der Waals surface area contributed by atoms with Gasteiger partial charge in [0.15, 0.2) is 0 Å². The molecule has 0 amide bonds. The minimum Gasteiger partial charge on any atom is -0.311 e. The Morgan fingerprint density at radius 1 is 1.14 bits per heavy atom. The zero-order valence-electron chi connectivity index (χ0n) is 8.89. The number of alkyl halides is 2. The first-order valence-electron chi connectivity index (χ1n) is 5.60. The van der Waals surface area contributed by atoms with Crippen LogP contribution in [0, 0.1) is 11.8 Å². The summed E-state index contributed by atoms with van der Waals surface area (Å²) in [5, 5.41) is 3.31. The summed E-state index contributed by atoms with van der Waals surface area (Å²) in [6, 6.07) is 0.603. The van der Waals surface area contributed by atoms with E-state index in [1.807, 2.05) is 0 Å². The van der Waals surface area contributed by atoms with Crippen LogP contribution in [0.4, 0.5) is 8.78 Å². The van der Waals surface area contributed by atoms with E-state index in [2.05, 4.69) is 19.2 Å². The second-order valence-corrected chi connectivity index (χ2v) is 5.30. The molecule has 0 unspecified atom stereocenters. The average Bonchev–Trinajstić information content (AvgIpc) is 1.90. The normalized spacial score (nSPS) is 36.6. The standard InChI is InChI=1S/C11H19F2N/c1-7(2)8-3-9(4-8)14-10-5-11(12,13)6-10/h7-10,14H,3-6H2,1-2H3. The van der Waals surface area contributed by atoms with E-state index in [0.717, 1.165) is 11.8 Å². The van der Waals surface area contributed by atoms with E-state index in [1.54, 1.807) is 0 Å². The third-order valence-electron chi connectivity index (χ3n) is 3.68. The molecule has 2 saturated carbocycles. The van der Waals surface area contributed by atoms with Crippen molar-refractivity contribution in [1.29, 1.82) is 0 Å². The Hall–Kier alpha value is -0.180. The summed E-state index contributed by atoms with van der Waals surface area (Å²) in [4.78, 5) is 0. The minimum absolute atomic E-state index is 0.0514. The highest BCUT2D eigenvalue weighted by atomic mass is 19.3. The maximum Gasteiger partial charge on any atom is 0.251 e. The summed E-state index contributed by atoms with van der Waals surface area (Å²) >= 11 is 0. The first-order valence-corrected chi connectivity index (χ1v) is 5.60. The quantitative estimate of drug-likeness (QED) is 0.743. The first-order chi connectivity index (χ1) is 6.46. The van der Waals surface area contributed by atoms with Crippen LogP contribution >= 0.6 is 0 Å². The molecular formula is C11H19F2N. The molecule has 82 valence electrons. The summed E-state index contributed by atoms with van der Waals surface area (Å²) in [6.07, 6.45) is 2.46. The fourth-order valence-electron chi connectivity index (χ4n) is 2.45. The van der Waals surface area contributed by atoms with Gasteiger partial charge in [-0.25, -0.2) is 8.78 Å². The van der Waals surface area contributed by atoms with Crippen molar-refractivity contribution < 1.29 is 8.78 Å². The average molecular weight is 203 g/mol. The van der Waals surface area contributed by atoms with Crippen molar-refractivity contribution in [3.63, 3.8) is 0 Å². The van der Waals surface area contributed by atoms with Crippen LogP contribution in [0.5, 0.6) is 0 Å². The molecule has 0 heterocycles. The number of hydrogen-bond donors (Lipinski definition) is 1. The molecule has 2 rings (SSSR count). The molecule has 0 atom stereocenters. The molecule has 2 fully saturated rings. The van der Waals surface area contributed by atoms with Gasteiger partial charge in [0, 0.05) is 24.9 Å². The second kappa shape index (κ2) is 3.44. The molecule has 3 heteroatoms. The number of hydrogen-bond acceptors (Lipinski definition) is 1. The van der Waals surface area contributed by atoms with Crippen molar-refractivity contribution in [2.75, 3.05) is 0 Å². The zero-order valence-corrected chi connectivity index (χ0v) is 8.89. The van der Waals surface area contributed by atoms with Crippen LogP contribution in [0.2, 0.25) is 0 Å². The molecule has 0 aromatic carbocycles. The number of nitrogens with one attached hydrogen (secondary N) is 1. The van der Waals surface area contributed by atoms with Crippen LogP contribution in [0.25, 0.3) is 0 Å². The lowest BCUT2D eigenvalue weighted by atomic mass is 9.72. The fourth-order valence-corrected chi connectivity index (χ4v) is 2.45. The van der Waals surface area contributed by atoms with E-state index in [-0.39, 0.29) is 18.9 Å². The lowest BCUT2D eigenvalue weighted by Gasteiger charge is -2.44. The predicted octanol–water partition coefficient (Wildman–Crippen LogP) is 2.81. The Labute approximate surface area is 84.3 Å². The predicted molar refractivity (Wildman–Crippen MR) is 52.5 cm³/mol. The van der Waals surface area contributed by atoms with Crippen molar-refractivity contribution >= 4 is 0 Å². The second-order valence-electron chi connectivity index (χ2n) is 5.30. The van der Waals surface area contributed by atoms with Gasteiger partial charge in [-0.3, -0.25) is 0 Å². The topological polar surface area (TPSA) is 12.0 Å². The van der Waals surface area contributed by atoms with Crippen LogP contribution in [0.3, 0.4) is 0 Å². The highest BCUT2D eigenvalue weighted by molar-refractivity contribution is 4.96. The van der Waals surface area contributed by atoms with Crippen LogP contribution < -0.4 is 5.32 Å². The van der Waals surface area contributed by atoms with Gasteiger partial charge in [-0.05, 0) is 24.7 Å². The van der Waals surface area contributed by atoms with E-state index in [0.29, 0.717) is 6.04 Å². The lowest BCUT2D eigenvalue weighted by molar-refractivity contribution is -0.0981.